The van der Waals surface area contributed by atoms with Crippen molar-refractivity contribution in [3.8, 4) is 11.5 Å². The van der Waals surface area contributed by atoms with E-state index in [-0.39, 0.29) is 11.9 Å². The zero-order valence-electron chi connectivity index (χ0n) is 17.4. The molecule has 0 saturated heterocycles. The van der Waals surface area contributed by atoms with Gasteiger partial charge in [-0.25, -0.2) is 0 Å². The topological polar surface area (TPSA) is 47.6 Å². The number of benzene rings is 3. The Kier molecular flexibility index (Phi) is 6.55. The molecule has 3 aromatic carbocycles. The van der Waals surface area contributed by atoms with Crippen molar-refractivity contribution in [1.29, 1.82) is 0 Å². The summed E-state index contributed by atoms with van der Waals surface area (Å²) >= 11 is 0. The maximum absolute atomic E-state index is 12.7. The molecule has 0 aliphatic rings. The fraction of sp³-hybridized carbons (Fsp3) is 0.240. The Labute approximate surface area is 172 Å². The van der Waals surface area contributed by atoms with E-state index in [0.29, 0.717) is 17.9 Å². The summed E-state index contributed by atoms with van der Waals surface area (Å²) in [6.07, 6.45) is 0. The zero-order chi connectivity index (χ0) is 20.8. The molecule has 0 radical (unpaired) electrons. The second kappa shape index (κ2) is 9.28. The highest BCUT2D eigenvalue weighted by molar-refractivity contribution is 5.94. The minimum atomic E-state index is -0.128. The summed E-state index contributed by atoms with van der Waals surface area (Å²) in [4.78, 5) is 12.7. The van der Waals surface area contributed by atoms with Crippen molar-refractivity contribution in [2.45, 2.75) is 33.4 Å². The maximum atomic E-state index is 12.7. The van der Waals surface area contributed by atoms with Gasteiger partial charge in [-0.3, -0.25) is 4.79 Å². The van der Waals surface area contributed by atoms with Crippen molar-refractivity contribution >= 4 is 5.91 Å². The van der Waals surface area contributed by atoms with E-state index in [4.69, 9.17) is 9.47 Å². The molecule has 4 heteroatoms. The molecule has 0 aromatic heterocycles. The number of methoxy groups -OCH3 is 1. The number of carbonyl (C=O) groups excluding carboxylic acids is 1. The fourth-order valence-electron chi connectivity index (χ4n) is 3.10. The molecule has 150 valence electrons. The summed E-state index contributed by atoms with van der Waals surface area (Å²) in [5.74, 6) is 1.36. The maximum Gasteiger partial charge on any atom is 0.251 e. The first-order valence-electron chi connectivity index (χ1n) is 9.70. The first kappa shape index (κ1) is 20.5. The molecular formula is C25H27NO3. The van der Waals surface area contributed by atoms with Gasteiger partial charge in [0.15, 0.2) is 0 Å². The second-order valence-electron chi connectivity index (χ2n) is 7.17. The molecule has 0 fully saturated rings. The van der Waals surface area contributed by atoms with E-state index in [2.05, 4.69) is 19.2 Å². The lowest BCUT2D eigenvalue weighted by molar-refractivity contribution is 0.0939. The van der Waals surface area contributed by atoms with Gasteiger partial charge in [-0.1, -0.05) is 36.4 Å². The molecule has 1 atom stereocenters. The minimum absolute atomic E-state index is 0.0824. The fourth-order valence-corrected chi connectivity index (χ4v) is 3.10. The van der Waals surface area contributed by atoms with Crippen LogP contribution in [0.5, 0.6) is 11.5 Å². The van der Waals surface area contributed by atoms with Crippen LogP contribution >= 0.6 is 0 Å². The monoisotopic (exact) mass is 389 g/mol. The van der Waals surface area contributed by atoms with E-state index >= 15 is 0 Å². The van der Waals surface area contributed by atoms with Gasteiger partial charge in [-0.15, -0.1) is 0 Å². The molecule has 0 saturated carbocycles. The van der Waals surface area contributed by atoms with Crippen molar-refractivity contribution in [2.24, 2.45) is 0 Å². The molecule has 3 aromatic rings. The van der Waals surface area contributed by atoms with Crippen molar-refractivity contribution in [3.05, 3.63) is 94.5 Å². The van der Waals surface area contributed by atoms with Gasteiger partial charge in [-0.2, -0.15) is 0 Å². The molecule has 29 heavy (non-hydrogen) atoms. The molecule has 1 amide bonds. The SMILES string of the molecule is COc1ccc(C(=O)NC(C)c2ccccc2)cc1COc1ccc(C)c(C)c1. The number of ether oxygens (including phenoxy) is 2. The summed E-state index contributed by atoms with van der Waals surface area (Å²) < 4.78 is 11.4. The number of nitrogens with one attached hydrogen (secondary N) is 1. The Morgan fingerprint density at radius 1 is 0.966 bits per heavy atom. The summed E-state index contributed by atoms with van der Waals surface area (Å²) in [6.45, 7) is 6.42. The quantitative estimate of drug-likeness (QED) is 0.590. The van der Waals surface area contributed by atoms with E-state index < -0.39 is 0 Å². The largest absolute Gasteiger partial charge is 0.496 e. The molecule has 3 rings (SSSR count). The predicted molar refractivity (Wildman–Crippen MR) is 116 cm³/mol. The standard InChI is InChI=1S/C25H27NO3/c1-17-10-12-23(14-18(17)2)29-16-22-15-21(11-13-24(22)28-4)25(27)26-19(3)20-8-6-5-7-9-20/h5-15,19H,16H2,1-4H3,(H,26,27). The van der Waals surface area contributed by atoms with E-state index in [1.165, 1.54) is 11.1 Å². The van der Waals surface area contributed by atoms with Crippen molar-refractivity contribution in [2.75, 3.05) is 7.11 Å². The number of hydrogen-bond donors (Lipinski definition) is 1. The Bertz CT molecular complexity index is 983. The molecule has 0 aliphatic heterocycles. The Morgan fingerprint density at radius 3 is 2.41 bits per heavy atom. The van der Waals surface area contributed by atoms with E-state index in [1.807, 2.05) is 61.5 Å². The van der Waals surface area contributed by atoms with Gasteiger partial charge in [0, 0.05) is 11.1 Å². The van der Waals surface area contributed by atoms with Gasteiger partial charge in [0.25, 0.3) is 5.91 Å². The van der Waals surface area contributed by atoms with Gasteiger partial charge < -0.3 is 14.8 Å². The third kappa shape index (κ3) is 5.17. The summed E-state index contributed by atoms with van der Waals surface area (Å²) in [6, 6.07) is 21.2. The van der Waals surface area contributed by atoms with Crippen molar-refractivity contribution in [1.82, 2.24) is 5.32 Å². The lowest BCUT2D eigenvalue weighted by Gasteiger charge is -2.16. The van der Waals surface area contributed by atoms with Crippen LogP contribution < -0.4 is 14.8 Å². The third-order valence-corrected chi connectivity index (χ3v) is 5.06. The zero-order valence-corrected chi connectivity index (χ0v) is 17.4. The number of aryl methyl sites for hydroxylation is 2. The van der Waals surface area contributed by atoms with Crippen LogP contribution in [-0.4, -0.2) is 13.0 Å². The van der Waals surface area contributed by atoms with Gasteiger partial charge >= 0.3 is 0 Å². The minimum Gasteiger partial charge on any atom is -0.496 e. The highest BCUT2D eigenvalue weighted by Crippen LogP contribution is 2.24. The van der Waals surface area contributed by atoms with Crippen LogP contribution in [-0.2, 0) is 6.61 Å². The normalized spacial score (nSPS) is 11.6. The predicted octanol–water partition coefficient (Wildman–Crippen LogP) is 5.38. The van der Waals surface area contributed by atoms with Crippen molar-refractivity contribution in [3.63, 3.8) is 0 Å². The number of amides is 1. The highest BCUT2D eigenvalue weighted by atomic mass is 16.5. The van der Waals surface area contributed by atoms with E-state index in [1.54, 1.807) is 19.2 Å². The third-order valence-electron chi connectivity index (χ3n) is 5.06. The van der Waals surface area contributed by atoms with Gasteiger partial charge in [-0.05, 0) is 67.8 Å². The van der Waals surface area contributed by atoms with Gasteiger partial charge in [0.2, 0.25) is 0 Å². The van der Waals surface area contributed by atoms with Crippen LogP contribution in [0.25, 0.3) is 0 Å². The van der Waals surface area contributed by atoms with Crippen LogP contribution in [0.2, 0.25) is 0 Å². The summed E-state index contributed by atoms with van der Waals surface area (Å²) in [5, 5.41) is 3.04. The van der Waals surface area contributed by atoms with Crippen LogP contribution in [0.4, 0.5) is 0 Å². The van der Waals surface area contributed by atoms with Crippen LogP contribution in [0.1, 0.15) is 45.6 Å². The lowest BCUT2D eigenvalue weighted by atomic mass is 10.1. The molecule has 0 spiro atoms. The first-order chi connectivity index (χ1) is 14.0. The Hall–Kier alpha value is -3.27. The number of hydrogen-bond acceptors (Lipinski definition) is 3. The first-order valence-corrected chi connectivity index (χ1v) is 9.70. The smallest absolute Gasteiger partial charge is 0.251 e. The van der Waals surface area contributed by atoms with Gasteiger partial charge in [0.1, 0.15) is 18.1 Å². The average Bonchev–Trinajstić information content (AvgIpc) is 2.74. The van der Waals surface area contributed by atoms with E-state index in [9.17, 15) is 4.79 Å². The summed E-state index contributed by atoms with van der Waals surface area (Å²) in [7, 11) is 1.62. The highest BCUT2D eigenvalue weighted by Gasteiger charge is 2.14. The molecule has 0 heterocycles. The molecule has 1 N–H and O–H groups in total. The number of carbonyl (C=O) groups is 1. The average molecular weight is 389 g/mol. The number of rotatable bonds is 7. The van der Waals surface area contributed by atoms with Crippen LogP contribution in [0, 0.1) is 13.8 Å². The molecular weight excluding hydrogens is 362 g/mol. The summed E-state index contributed by atoms with van der Waals surface area (Å²) in [5.41, 5.74) is 4.87. The van der Waals surface area contributed by atoms with Crippen LogP contribution in [0.3, 0.4) is 0 Å². The molecule has 0 bridgehead atoms. The molecule has 1 unspecified atom stereocenters. The van der Waals surface area contributed by atoms with Crippen molar-refractivity contribution < 1.29 is 14.3 Å². The van der Waals surface area contributed by atoms with Gasteiger partial charge in [0.05, 0.1) is 13.2 Å². The van der Waals surface area contributed by atoms with Crippen LogP contribution in [0.15, 0.2) is 66.7 Å². The Morgan fingerprint density at radius 2 is 1.72 bits per heavy atom. The van der Waals surface area contributed by atoms with E-state index in [0.717, 1.165) is 16.9 Å². The second-order valence-corrected chi connectivity index (χ2v) is 7.17. The molecule has 4 nitrogen and oxygen atoms in total. The lowest BCUT2D eigenvalue weighted by Crippen LogP contribution is -2.26. The molecule has 0 aliphatic carbocycles. The Balaban J connectivity index is 1.73.